The van der Waals surface area contributed by atoms with Crippen molar-refractivity contribution in [3.63, 3.8) is 0 Å². The van der Waals surface area contributed by atoms with E-state index in [1.165, 1.54) is 70.6 Å². The molecule has 2 heteroatoms. The van der Waals surface area contributed by atoms with E-state index in [4.69, 9.17) is 4.74 Å². The number of ether oxygens (including phenoxy) is 1. The van der Waals surface area contributed by atoms with Gasteiger partial charge in [0, 0.05) is 6.54 Å². The van der Waals surface area contributed by atoms with Gasteiger partial charge in [0.05, 0.1) is 11.7 Å². The topological polar surface area (TPSA) is 21.3 Å². The van der Waals surface area contributed by atoms with E-state index in [0.29, 0.717) is 6.10 Å². The molecule has 2 atom stereocenters. The van der Waals surface area contributed by atoms with Crippen molar-refractivity contribution in [2.45, 2.75) is 89.3 Å². The molecule has 0 radical (unpaired) electrons. The lowest BCUT2D eigenvalue weighted by Gasteiger charge is -2.39. The second-order valence-electron chi connectivity index (χ2n) is 6.81. The van der Waals surface area contributed by atoms with Crippen LogP contribution in [0.25, 0.3) is 0 Å². The van der Waals surface area contributed by atoms with Gasteiger partial charge in [0.15, 0.2) is 0 Å². The summed E-state index contributed by atoms with van der Waals surface area (Å²) in [5, 5.41) is 3.40. The van der Waals surface area contributed by atoms with Crippen LogP contribution in [-0.4, -0.2) is 25.3 Å². The van der Waals surface area contributed by atoms with Crippen LogP contribution in [0.15, 0.2) is 0 Å². The highest BCUT2D eigenvalue weighted by Gasteiger charge is 2.35. The van der Waals surface area contributed by atoms with Crippen LogP contribution < -0.4 is 5.32 Å². The Kier molecular flexibility index (Phi) is 6.15. The molecule has 2 rings (SSSR count). The fraction of sp³-hybridized carbons (Fsp3) is 1.00. The zero-order chi connectivity index (χ0) is 13.6. The summed E-state index contributed by atoms with van der Waals surface area (Å²) < 4.78 is 6.71. The normalized spacial score (nSPS) is 31.9. The third-order valence-electron chi connectivity index (χ3n) is 5.24. The maximum Gasteiger partial charge on any atom is 0.0809 e. The smallest absolute Gasteiger partial charge is 0.0809 e. The number of likely N-dealkylation sites (N-methyl/N-ethyl adjacent to an activating group) is 1. The Morgan fingerprint density at radius 2 is 1.79 bits per heavy atom. The largest absolute Gasteiger partial charge is 0.370 e. The third kappa shape index (κ3) is 4.46. The van der Waals surface area contributed by atoms with E-state index in [1.54, 1.807) is 0 Å². The van der Waals surface area contributed by atoms with Crippen LogP contribution in [-0.2, 0) is 4.74 Å². The SMILES string of the molecule is CCC1CCCC(OC2(CNC)CCCCCC2)C1. The Hall–Kier alpha value is -0.0800. The minimum Gasteiger partial charge on any atom is -0.370 e. The first kappa shape index (κ1) is 15.3. The van der Waals surface area contributed by atoms with Crippen LogP contribution in [0.1, 0.15) is 77.6 Å². The molecule has 0 saturated heterocycles. The summed E-state index contributed by atoms with van der Waals surface area (Å²) in [6.07, 6.45) is 15.3. The molecule has 2 aliphatic carbocycles. The fourth-order valence-electron chi connectivity index (χ4n) is 4.10. The first-order chi connectivity index (χ1) is 9.28. The monoisotopic (exact) mass is 267 g/mol. The van der Waals surface area contributed by atoms with Crippen molar-refractivity contribution >= 4 is 0 Å². The average molecular weight is 267 g/mol. The minimum absolute atomic E-state index is 0.144. The third-order valence-corrected chi connectivity index (χ3v) is 5.24. The quantitative estimate of drug-likeness (QED) is 0.751. The van der Waals surface area contributed by atoms with Gasteiger partial charge in [-0.15, -0.1) is 0 Å². The summed E-state index contributed by atoms with van der Waals surface area (Å²) in [5.41, 5.74) is 0.144. The lowest BCUT2D eigenvalue weighted by molar-refractivity contribution is -0.117. The maximum absolute atomic E-state index is 6.71. The molecular formula is C17H33NO. The molecule has 2 fully saturated rings. The zero-order valence-electron chi connectivity index (χ0n) is 13.0. The van der Waals surface area contributed by atoms with Crippen LogP contribution in [0.2, 0.25) is 0 Å². The van der Waals surface area contributed by atoms with E-state index < -0.39 is 0 Å². The molecule has 0 spiro atoms. The summed E-state index contributed by atoms with van der Waals surface area (Å²) in [7, 11) is 2.08. The van der Waals surface area contributed by atoms with Crippen molar-refractivity contribution in [2.75, 3.05) is 13.6 Å². The first-order valence-corrected chi connectivity index (χ1v) is 8.60. The highest BCUT2D eigenvalue weighted by Crippen LogP contribution is 2.36. The Balaban J connectivity index is 1.94. The first-order valence-electron chi connectivity index (χ1n) is 8.60. The van der Waals surface area contributed by atoms with Crippen molar-refractivity contribution in [3.05, 3.63) is 0 Å². The molecule has 1 N–H and O–H groups in total. The molecule has 19 heavy (non-hydrogen) atoms. The van der Waals surface area contributed by atoms with E-state index in [2.05, 4.69) is 19.3 Å². The van der Waals surface area contributed by atoms with Crippen LogP contribution in [0.4, 0.5) is 0 Å². The Morgan fingerprint density at radius 3 is 2.42 bits per heavy atom. The van der Waals surface area contributed by atoms with Crippen LogP contribution in [0.3, 0.4) is 0 Å². The maximum atomic E-state index is 6.71. The second kappa shape index (κ2) is 7.64. The molecule has 0 aromatic heterocycles. The van der Waals surface area contributed by atoms with E-state index >= 15 is 0 Å². The van der Waals surface area contributed by atoms with Crippen LogP contribution in [0.5, 0.6) is 0 Å². The van der Waals surface area contributed by atoms with Crippen molar-refractivity contribution in [2.24, 2.45) is 5.92 Å². The number of nitrogens with one attached hydrogen (secondary N) is 1. The highest BCUT2D eigenvalue weighted by atomic mass is 16.5. The van der Waals surface area contributed by atoms with Gasteiger partial charge in [-0.3, -0.25) is 0 Å². The van der Waals surface area contributed by atoms with Crippen molar-refractivity contribution in [1.29, 1.82) is 0 Å². The van der Waals surface area contributed by atoms with Crippen molar-refractivity contribution in [3.8, 4) is 0 Å². The van der Waals surface area contributed by atoms with E-state index in [0.717, 1.165) is 12.5 Å². The van der Waals surface area contributed by atoms with Gasteiger partial charge in [0.25, 0.3) is 0 Å². The standard InChI is InChI=1S/C17H33NO/c1-3-15-9-8-10-16(13-15)19-17(14-18-2)11-6-4-5-7-12-17/h15-16,18H,3-14H2,1-2H3. The number of hydrogen-bond donors (Lipinski definition) is 1. The molecule has 2 unspecified atom stereocenters. The predicted molar refractivity (Wildman–Crippen MR) is 81.5 cm³/mol. The van der Waals surface area contributed by atoms with Crippen molar-refractivity contribution in [1.82, 2.24) is 5.32 Å². The Bertz CT molecular complexity index is 246. The predicted octanol–water partition coefficient (Wildman–Crippen LogP) is 4.28. The lowest BCUT2D eigenvalue weighted by Crippen LogP contribution is -2.45. The fourth-order valence-corrected chi connectivity index (χ4v) is 4.10. The number of hydrogen-bond acceptors (Lipinski definition) is 2. The van der Waals surface area contributed by atoms with Gasteiger partial charge in [-0.25, -0.2) is 0 Å². The Labute approximate surface area is 119 Å². The average Bonchev–Trinajstić information content (AvgIpc) is 2.65. The molecule has 0 bridgehead atoms. The van der Waals surface area contributed by atoms with E-state index in [9.17, 15) is 0 Å². The second-order valence-corrected chi connectivity index (χ2v) is 6.81. The molecular weight excluding hydrogens is 234 g/mol. The van der Waals surface area contributed by atoms with E-state index in [-0.39, 0.29) is 5.60 Å². The molecule has 0 aromatic carbocycles. The van der Waals surface area contributed by atoms with Gasteiger partial charge >= 0.3 is 0 Å². The molecule has 0 amide bonds. The van der Waals surface area contributed by atoms with Gasteiger partial charge < -0.3 is 10.1 Å². The van der Waals surface area contributed by atoms with Gasteiger partial charge in [0.1, 0.15) is 0 Å². The molecule has 0 aromatic rings. The molecule has 2 nitrogen and oxygen atoms in total. The minimum atomic E-state index is 0.144. The molecule has 2 aliphatic rings. The van der Waals surface area contributed by atoms with Crippen LogP contribution >= 0.6 is 0 Å². The van der Waals surface area contributed by atoms with E-state index in [1.807, 2.05) is 0 Å². The van der Waals surface area contributed by atoms with Gasteiger partial charge in [-0.1, -0.05) is 51.9 Å². The summed E-state index contributed by atoms with van der Waals surface area (Å²) in [4.78, 5) is 0. The summed E-state index contributed by atoms with van der Waals surface area (Å²) in [6, 6.07) is 0. The molecule has 2 saturated carbocycles. The highest BCUT2D eigenvalue weighted by molar-refractivity contribution is 4.87. The lowest BCUT2D eigenvalue weighted by atomic mass is 9.84. The van der Waals surface area contributed by atoms with Gasteiger partial charge in [-0.2, -0.15) is 0 Å². The van der Waals surface area contributed by atoms with Gasteiger partial charge in [-0.05, 0) is 38.6 Å². The summed E-state index contributed by atoms with van der Waals surface area (Å²) in [5.74, 6) is 0.913. The zero-order valence-corrected chi connectivity index (χ0v) is 13.0. The van der Waals surface area contributed by atoms with Crippen LogP contribution in [0, 0.1) is 5.92 Å². The summed E-state index contributed by atoms with van der Waals surface area (Å²) >= 11 is 0. The number of rotatable bonds is 5. The summed E-state index contributed by atoms with van der Waals surface area (Å²) in [6.45, 7) is 3.38. The van der Waals surface area contributed by atoms with Crippen molar-refractivity contribution < 1.29 is 4.74 Å². The molecule has 112 valence electrons. The molecule has 0 aliphatic heterocycles. The Morgan fingerprint density at radius 1 is 1.05 bits per heavy atom. The molecule has 0 heterocycles. The van der Waals surface area contributed by atoms with Gasteiger partial charge in [0.2, 0.25) is 0 Å².